The highest BCUT2D eigenvalue weighted by atomic mass is 16.6. The van der Waals surface area contributed by atoms with Crippen molar-refractivity contribution in [2.45, 2.75) is 51.9 Å². The van der Waals surface area contributed by atoms with Gasteiger partial charge in [-0.05, 0) is 32.6 Å². The first kappa shape index (κ1) is 11.0. The Morgan fingerprint density at radius 2 is 1.71 bits per heavy atom. The molecule has 3 heteroatoms. The van der Waals surface area contributed by atoms with Crippen LogP contribution in [0.3, 0.4) is 0 Å². The lowest BCUT2D eigenvalue weighted by atomic mass is 9.55. The molecule has 1 aliphatic heterocycles. The number of carbonyl (C=O) groups excluding carboxylic acids is 2. The Labute approximate surface area is 101 Å². The molecule has 0 N–H and O–H groups in total. The van der Waals surface area contributed by atoms with Crippen molar-refractivity contribution >= 4 is 11.9 Å². The van der Waals surface area contributed by atoms with Crippen molar-refractivity contribution < 1.29 is 14.3 Å². The van der Waals surface area contributed by atoms with Gasteiger partial charge >= 0.3 is 11.9 Å². The molecule has 0 amide bonds. The Morgan fingerprint density at radius 1 is 1.06 bits per heavy atom. The van der Waals surface area contributed by atoms with Crippen LogP contribution < -0.4 is 0 Å². The van der Waals surface area contributed by atoms with Gasteiger partial charge in [0.05, 0.1) is 10.8 Å². The maximum atomic E-state index is 12.2. The Hall–Kier alpha value is -1.12. The third-order valence-corrected chi connectivity index (χ3v) is 4.97. The van der Waals surface area contributed by atoms with Gasteiger partial charge in [-0.15, -0.1) is 0 Å². The third-order valence-electron chi connectivity index (χ3n) is 4.97. The van der Waals surface area contributed by atoms with Crippen LogP contribution in [0, 0.1) is 10.8 Å². The summed E-state index contributed by atoms with van der Waals surface area (Å²) < 4.78 is 5.03. The van der Waals surface area contributed by atoms with E-state index in [-0.39, 0.29) is 11.9 Å². The van der Waals surface area contributed by atoms with E-state index in [0.29, 0.717) is 6.42 Å². The minimum Gasteiger partial charge on any atom is -0.392 e. The predicted molar refractivity (Wildman–Crippen MR) is 62.0 cm³/mol. The van der Waals surface area contributed by atoms with E-state index in [1.807, 2.05) is 0 Å². The van der Waals surface area contributed by atoms with Gasteiger partial charge in [-0.1, -0.05) is 30.9 Å². The van der Waals surface area contributed by atoms with Crippen LogP contribution >= 0.6 is 0 Å². The van der Waals surface area contributed by atoms with Crippen molar-refractivity contribution in [3.05, 3.63) is 11.6 Å². The second-order valence-corrected chi connectivity index (χ2v) is 5.83. The smallest absolute Gasteiger partial charge is 0.321 e. The van der Waals surface area contributed by atoms with E-state index >= 15 is 0 Å². The summed E-state index contributed by atoms with van der Waals surface area (Å²) in [5.74, 6) is -0.509. The van der Waals surface area contributed by atoms with Crippen LogP contribution in [0.2, 0.25) is 0 Å². The Kier molecular flexibility index (Phi) is 2.22. The van der Waals surface area contributed by atoms with Crippen molar-refractivity contribution in [2.24, 2.45) is 10.8 Å². The molecule has 92 valence electrons. The summed E-state index contributed by atoms with van der Waals surface area (Å²) in [5, 5.41) is 0. The van der Waals surface area contributed by atoms with E-state index in [2.05, 4.69) is 13.0 Å². The number of allylic oxidation sites excluding steroid dienone is 2. The molecule has 0 spiro atoms. The standard InChI is InChI=1S/C14H18O3/c1-10-5-8-13-6-3-2-4-7-14(13,9-10)12(16)17-11(13)15/h5H,2-4,6-9H2,1H3. The highest BCUT2D eigenvalue weighted by Gasteiger charge is 2.68. The van der Waals surface area contributed by atoms with Crippen LogP contribution in [-0.4, -0.2) is 11.9 Å². The molecular weight excluding hydrogens is 216 g/mol. The van der Waals surface area contributed by atoms with E-state index in [9.17, 15) is 9.59 Å². The molecule has 2 atom stereocenters. The van der Waals surface area contributed by atoms with E-state index in [4.69, 9.17) is 4.74 Å². The Bertz CT molecular complexity index is 423. The van der Waals surface area contributed by atoms with Gasteiger partial charge in [-0.2, -0.15) is 0 Å². The zero-order chi connectivity index (χ0) is 12.1. The van der Waals surface area contributed by atoms with Crippen LogP contribution in [0.5, 0.6) is 0 Å². The first-order chi connectivity index (χ1) is 8.11. The SMILES string of the molecule is CC1=CCC23CCCCCC2(C1)C(=O)OC3=O. The number of esters is 2. The van der Waals surface area contributed by atoms with Crippen LogP contribution in [-0.2, 0) is 14.3 Å². The average Bonchev–Trinajstić information content (AvgIpc) is 2.45. The number of hydrogen-bond acceptors (Lipinski definition) is 3. The summed E-state index contributed by atoms with van der Waals surface area (Å²) in [6.45, 7) is 2.06. The minimum atomic E-state index is -0.528. The Balaban J connectivity index is 2.16. The number of hydrogen-bond donors (Lipinski definition) is 0. The predicted octanol–water partition coefficient (Wildman–Crippen LogP) is 2.75. The Morgan fingerprint density at radius 3 is 2.47 bits per heavy atom. The summed E-state index contributed by atoms with van der Waals surface area (Å²) in [6.07, 6.45) is 8.39. The topological polar surface area (TPSA) is 43.4 Å². The van der Waals surface area contributed by atoms with Gasteiger partial charge in [-0.25, -0.2) is 0 Å². The van der Waals surface area contributed by atoms with Gasteiger partial charge in [0, 0.05) is 0 Å². The van der Waals surface area contributed by atoms with E-state index < -0.39 is 10.8 Å². The second kappa shape index (κ2) is 3.44. The van der Waals surface area contributed by atoms with Gasteiger partial charge < -0.3 is 4.74 Å². The van der Waals surface area contributed by atoms with E-state index in [1.54, 1.807) is 0 Å². The fourth-order valence-corrected chi connectivity index (χ4v) is 3.99. The molecule has 17 heavy (non-hydrogen) atoms. The molecule has 0 aromatic heterocycles. The maximum Gasteiger partial charge on any atom is 0.321 e. The molecule has 0 aromatic rings. The van der Waals surface area contributed by atoms with Crippen LogP contribution in [0.15, 0.2) is 11.6 Å². The monoisotopic (exact) mass is 234 g/mol. The molecule has 2 fully saturated rings. The first-order valence-electron chi connectivity index (χ1n) is 6.53. The normalized spacial score (nSPS) is 41.1. The number of rotatable bonds is 0. The molecule has 0 radical (unpaired) electrons. The second-order valence-electron chi connectivity index (χ2n) is 5.83. The van der Waals surface area contributed by atoms with Gasteiger partial charge in [-0.3, -0.25) is 9.59 Å². The van der Waals surface area contributed by atoms with Crippen LogP contribution in [0.25, 0.3) is 0 Å². The highest BCUT2D eigenvalue weighted by molar-refractivity contribution is 6.02. The lowest BCUT2D eigenvalue weighted by Gasteiger charge is -2.41. The molecule has 2 aliphatic carbocycles. The zero-order valence-corrected chi connectivity index (χ0v) is 10.3. The molecular formula is C14H18O3. The lowest BCUT2D eigenvalue weighted by Crippen LogP contribution is -2.46. The minimum absolute atomic E-state index is 0.253. The number of carbonyl (C=O) groups is 2. The summed E-state index contributed by atoms with van der Waals surface area (Å²) in [6, 6.07) is 0. The molecule has 2 unspecified atom stereocenters. The summed E-state index contributed by atoms with van der Waals surface area (Å²) in [4.78, 5) is 24.4. The lowest BCUT2D eigenvalue weighted by molar-refractivity contribution is -0.156. The zero-order valence-electron chi connectivity index (χ0n) is 10.3. The first-order valence-corrected chi connectivity index (χ1v) is 6.53. The van der Waals surface area contributed by atoms with Gasteiger partial charge in [0.15, 0.2) is 0 Å². The largest absolute Gasteiger partial charge is 0.392 e. The molecule has 1 saturated carbocycles. The van der Waals surface area contributed by atoms with E-state index in [0.717, 1.165) is 38.5 Å². The quantitative estimate of drug-likeness (QED) is 0.368. The fraction of sp³-hybridized carbons (Fsp3) is 0.714. The molecule has 1 saturated heterocycles. The average molecular weight is 234 g/mol. The van der Waals surface area contributed by atoms with Crippen molar-refractivity contribution in [1.29, 1.82) is 0 Å². The van der Waals surface area contributed by atoms with Gasteiger partial charge in [0.2, 0.25) is 0 Å². The highest BCUT2D eigenvalue weighted by Crippen LogP contribution is 2.61. The third kappa shape index (κ3) is 1.23. The fourth-order valence-electron chi connectivity index (χ4n) is 3.99. The van der Waals surface area contributed by atoms with Crippen LogP contribution in [0.1, 0.15) is 51.9 Å². The van der Waals surface area contributed by atoms with Crippen LogP contribution in [0.4, 0.5) is 0 Å². The van der Waals surface area contributed by atoms with Gasteiger partial charge in [0.1, 0.15) is 0 Å². The molecule has 0 aromatic carbocycles. The maximum absolute atomic E-state index is 12.2. The summed E-state index contributed by atoms with van der Waals surface area (Å²) in [7, 11) is 0. The van der Waals surface area contributed by atoms with Gasteiger partial charge in [0.25, 0.3) is 0 Å². The molecule has 3 rings (SSSR count). The number of ether oxygens (including phenoxy) is 1. The van der Waals surface area contributed by atoms with Crippen molar-refractivity contribution in [3.63, 3.8) is 0 Å². The number of cyclic esters (lactones) is 2. The molecule has 1 heterocycles. The van der Waals surface area contributed by atoms with E-state index in [1.165, 1.54) is 5.57 Å². The molecule has 3 aliphatic rings. The molecule has 3 nitrogen and oxygen atoms in total. The summed E-state index contributed by atoms with van der Waals surface area (Å²) >= 11 is 0. The van der Waals surface area contributed by atoms with Crippen molar-refractivity contribution in [1.82, 2.24) is 0 Å². The van der Waals surface area contributed by atoms with Crippen molar-refractivity contribution in [3.8, 4) is 0 Å². The van der Waals surface area contributed by atoms with Crippen molar-refractivity contribution in [2.75, 3.05) is 0 Å². The summed E-state index contributed by atoms with van der Waals surface area (Å²) in [5.41, 5.74) is 0.175. The molecule has 0 bridgehead atoms.